The van der Waals surface area contributed by atoms with E-state index in [2.05, 4.69) is 17.3 Å². The number of aryl methyl sites for hydroxylation is 1. The van der Waals surface area contributed by atoms with Gasteiger partial charge in [-0.1, -0.05) is 19.8 Å². The molecule has 2 aromatic heterocycles. The van der Waals surface area contributed by atoms with Crippen LogP contribution in [0.1, 0.15) is 43.9 Å². The summed E-state index contributed by atoms with van der Waals surface area (Å²) in [5, 5.41) is 15.9. The molecule has 0 aromatic carbocycles. The maximum atomic E-state index is 7.81. The van der Waals surface area contributed by atoms with Crippen LogP contribution in [0.5, 0.6) is 0 Å². The van der Waals surface area contributed by atoms with Gasteiger partial charge in [-0.3, -0.25) is 5.41 Å². The number of anilines is 1. The lowest BCUT2D eigenvalue weighted by atomic mass is 9.85. The van der Waals surface area contributed by atoms with E-state index in [-0.39, 0.29) is 5.84 Å². The highest BCUT2D eigenvalue weighted by Crippen LogP contribution is 2.30. The molecule has 2 atom stereocenters. The van der Waals surface area contributed by atoms with Crippen molar-refractivity contribution < 1.29 is 0 Å². The van der Waals surface area contributed by atoms with E-state index in [1.165, 1.54) is 25.7 Å². The van der Waals surface area contributed by atoms with Gasteiger partial charge in [0.15, 0.2) is 0 Å². The SMILES string of the molecule is Cc1ccc2c(N[C@H]3CCCC[C@H]3C)c(C(=N)N)cnn12. The number of nitrogen functional groups attached to an aromatic ring is 1. The van der Waals surface area contributed by atoms with Crippen molar-refractivity contribution in [3.05, 3.63) is 29.6 Å². The molecule has 0 saturated heterocycles. The molecule has 2 heterocycles. The summed E-state index contributed by atoms with van der Waals surface area (Å²) in [6, 6.07) is 4.53. The molecule has 1 aliphatic carbocycles. The second-order valence-electron chi connectivity index (χ2n) is 6.13. The first-order valence-corrected chi connectivity index (χ1v) is 7.66. The largest absolute Gasteiger partial charge is 0.384 e. The van der Waals surface area contributed by atoms with Crippen LogP contribution in [0.15, 0.2) is 18.3 Å². The second kappa shape index (κ2) is 5.39. The minimum atomic E-state index is 0.0646. The minimum absolute atomic E-state index is 0.0646. The molecule has 3 rings (SSSR count). The van der Waals surface area contributed by atoms with E-state index in [4.69, 9.17) is 11.1 Å². The molecule has 0 radical (unpaired) electrons. The maximum absolute atomic E-state index is 7.81. The molecule has 1 fully saturated rings. The number of fused-ring (bicyclic) bond motifs is 1. The van der Waals surface area contributed by atoms with E-state index in [0.717, 1.165) is 16.9 Å². The van der Waals surface area contributed by atoms with E-state index in [0.29, 0.717) is 17.5 Å². The van der Waals surface area contributed by atoms with Gasteiger partial charge in [0.2, 0.25) is 0 Å². The van der Waals surface area contributed by atoms with Gasteiger partial charge in [0, 0.05) is 11.7 Å². The van der Waals surface area contributed by atoms with E-state index >= 15 is 0 Å². The lowest BCUT2D eigenvalue weighted by Crippen LogP contribution is -2.31. The summed E-state index contributed by atoms with van der Waals surface area (Å²) in [5.74, 6) is 0.706. The molecular weight excluding hydrogens is 262 g/mol. The van der Waals surface area contributed by atoms with Gasteiger partial charge in [-0.25, -0.2) is 4.52 Å². The van der Waals surface area contributed by atoms with Crippen molar-refractivity contribution in [2.75, 3.05) is 5.32 Å². The van der Waals surface area contributed by atoms with Crippen molar-refractivity contribution in [3.8, 4) is 0 Å². The van der Waals surface area contributed by atoms with Gasteiger partial charge in [-0.2, -0.15) is 5.10 Å². The monoisotopic (exact) mass is 285 g/mol. The van der Waals surface area contributed by atoms with Gasteiger partial charge in [0.05, 0.1) is 23.0 Å². The Hall–Kier alpha value is -2.04. The quantitative estimate of drug-likeness (QED) is 0.599. The molecule has 5 heteroatoms. The van der Waals surface area contributed by atoms with Crippen molar-refractivity contribution in [3.63, 3.8) is 0 Å². The van der Waals surface area contributed by atoms with Gasteiger partial charge in [0.1, 0.15) is 5.84 Å². The topological polar surface area (TPSA) is 79.2 Å². The lowest BCUT2D eigenvalue weighted by molar-refractivity contribution is 0.349. The molecule has 21 heavy (non-hydrogen) atoms. The Labute approximate surface area is 125 Å². The van der Waals surface area contributed by atoms with Crippen LogP contribution in [0.2, 0.25) is 0 Å². The van der Waals surface area contributed by atoms with E-state index in [9.17, 15) is 0 Å². The molecule has 4 N–H and O–H groups in total. The number of rotatable bonds is 3. The van der Waals surface area contributed by atoms with Crippen LogP contribution in [0.3, 0.4) is 0 Å². The van der Waals surface area contributed by atoms with Crippen LogP contribution >= 0.6 is 0 Å². The molecule has 0 aliphatic heterocycles. The number of hydrogen-bond acceptors (Lipinski definition) is 3. The Balaban J connectivity index is 2.05. The summed E-state index contributed by atoms with van der Waals surface area (Å²) in [6.07, 6.45) is 6.70. The number of nitrogens with one attached hydrogen (secondary N) is 2. The Bertz CT molecular complexity index is 673. The zero-order valence-electron chi connectivity index (χ0n) is 12.7. The smallest absolute Gasteiger partial charge is 0.126 e. The first-order chi connectivity index (χ1) is 10.1. The summed E-state index contributed by atoms with van der Waals surface area (Å²) in [6.45, 7) is 4.33. The summed E-state index contributed by atoms with van der Waals surface area (Å²) in [5.41, 5.74) is 9.47. The van der Waals surface area contributed by atoms with Crippen LogP contribution in [0, 0.1) is 18.3 Å². The zero-order chi connectivity index (χ0) is 15.0. The molecule has 0 amide bonds. The highest BCUT2D eigenvalue weighted by atomic mass is 15.2. The summed E-state index contributed by atoms with van der Waals surface area (Å²) in [7, 11) is 0. The minimum Gasteiger partial charge on any atom is -0.384 e. The van der Waals surface area contributed by atoms with E-state index < -0.39 is 0 Å². The van der Waals surface area contributed by atoms with Crippen molar-refractivity contribution in [1.29, 1.82) is 5.41 Å². The van der Waals surface area contributed by atoms with Crippen molar-refractivity contribution in [2.24, 2.45) is 11.7 Å². The molecule has 112 valence electrons. The van der Waals surface area contributed by atoms with Gasteiger partial charge in [-0.15, -0.1) is 0 Å². The fraction of sp³-hybridized carbons (Fsp3) is 0.500. The highest BCUT2D eigenvalue weighted by Gasteiger charge is 2.23. The number of nitrogens with zero attached hydrogens (tertiary/aromatic N) is 2. The van der Waals surface area contributed by atoms with Crippen molar-refractivity contribution in [2.45, 2.75) is 45.6 Å². The number of hydrogen-bond donors (Lipinski definition) is 3. The molecule has 5 nitrogen and oxygen atoms in total. The van der Waals surface area contributed by atoms with Gasteiger partial charge < -0.3 is 11.1 Å². The number of nitrogens with two attached hydrogens (primary N) is 1. The summed E-state index contributed by atoms with van der Waals surface area (Å²) in [4.78, 5) is 0. The van der Waals surface area contributed by atoms with Gasteiger partial charge >= 0.3 is 0 Å². The van der Waals surface area contributed by atoms with Crippen LogP contribution in [0.25, 0.3) is 5.52 Å². The lowest BCUT2D eigenvalue weighted by Gasteiger charge is -2.31. The molecule has 0 unspecified atom stereocenters. The normalized spacial score (nSPS) is 22.4. The van der Waals surface area contributed by atoms with Crippen molar-refractivity contribution in [1.82, 2.24) is 9.61 Å². The van der Waals surface area contributed by atoms with Crippen LogP contribution in [0.4, 0.5) is 5.69 Å². The molecule has 1 saturated carbocycles. The summed E-state index contributed by atoms with van der Waals surface area (Å²) < 4.78 is 1.91. The van der Waals surface area contributed by atoms with E-state index in [1.807, 2.05) is 23.6 Å². The molecule has 2 aromatic rings. The fourth-order valence-electron chi connectivity index (χ4n) is 3.26. The van der Waals surface area contributed by atoms with Gasteiger partial charge in [0.25, 0.3) is 0 Å². The molecule has 0 spiro atoms. The Kier molecular flexibility index (Phi) is 3.57. The van der Waals surface area contributed by atoms with Crippen molar-refractivity contribution >= 4 is 17.0 Å². The van der Waals surface area contributed by atoms with Crippen LogP contribution in [-0.2, 0) is 0 Å². The first kappa shape index (κ1) is 13.9. The molecular formula is C16H23N5. The van der Waals surface area contributed by atoms with Crippen LogP contribution in [-0.4, -0.2) is 21.5 Å². The standard InChI is InChI=1S/C16H23N5/c1-10-5-3-4-6-13(10)20-15-12(16(17)18)9-19-21-11(2)7-8-14(15)21/h7-10,13,20H,3-6H2,1-2H3,(H3,17,18)/t10-,13+/m1/s1. The Morgan fingerprint density at radius 2 is 2.14 bits per heavy atom. The van der Waals surface area contributed by atoms with Crippen LogP contribution < -0.4 is 11.1 Å². The first-order valence-electron chi connectivity index (χ1n) is 7.66. The number of amidine groups is 1. The van der Waals surface area contributed by atoms with E-state index in [1.54, 1.807) is 6.20 Å². The van der Waals surface area contributed by atoms with Gasteiger partial charge in [-0.05, 0) is 37.8 Å². The maximum Gasteiger partial charge on any atom is 0.126 e. The average Bonchev–Trinajstić information content (AvgIpc) is 2.83. The fourth-order valence-corrected chi connectivity index (χ4v) is 3.26. The number of aromatic nitrogens is 2. The third kappa shape index (κ3) is 2.48. The molecule has 0 bridgehead atoms. The Morgan fingerprint density at radius 3 is 2.86 bits per heavy atom. The predicted octanol–water partition coefficient (Wildman–Crippen LogP) is 2.92. The predicted molar refractivity (Wildman–Crippen MR) is 86.0 cm³/mol. The zero-order valence-corrected chi connectivity index (χ0v) is 12.7. The average molecular weight is 285 g/mol. The third-order valence-corrected chi connectivity index (χ3v) is 4.60. The second-order valence-corrected chi connectivity index (χ2v) is 6.13. The molecule has 1 aliphatic rings. The summed E-state index contributed by atoms with van der Waals surface area (Å²) >= 11 is 0. The third-order valence-electron chi connectivity index (χ3n) is 4.60. The Morgan fingerprint density at radius 1 is 1.38 bits per heavy atom. The highest BCUT2D eigenvalue weighted by molar-refractivity contribution is 6.03.